The van der Waals surface area contributed by atoms with Crippen LogP contribution in [0, 0.1) is 0 Å². The van der Waals surface area contributed by atoms with Gasteiger partial charge >= 0.3 is 6.09 Å². The maximum absolute atomic E-state index is 12.6. The second-order valence-corrected chi connectivity index (χ2v) is 7.99. The number of rotatable bonds is 2. The summed E-state index contributed by atoms with van der Waals surface area (Å²) in [4.78, 5) is 16.6. The number of nitrogens with zero attached hydrogens (tertiary/aromatic N) is 2. The van der Waals surface area contributed by atoms with E-state index in [2.05, 4.69) is 35.2 Å². The van der Waals surface area contributed by atoms with Crippen LogP contribution in [0.3, 0.4) is 0 Å². The molecule has 0 spiro atoms. The van der Waals surface area contributed by atoms with E-state index in [1.165, 1.54) is 16.8 Å². The summed E-state index contributed by atoms with van der Waals surface area (Å²) in [5.74, 6) is 0. The Hall–Kier alpha value is -2.01. The highest BCUT2D eigenvalue weighted by Gasteiger charge is 2.40. The standard InChI is InChI=1S/C20H28N2O3/c1-20(2,3)25-19(23)22-17-10-15(11-18(22)13-24-12-17)14-7-6-8-16(9-14)21(4)5/h6-10,17-18H,11-13H2,1-5H3. The average molecular weight is 344 g/mol. The minimum Gasteiger partial charge on any atom is -0.444 e. The number of hydrogen-bond acceptors (Lipinski definition) is 4. The van der Waals surface area contributed by atoms with Gasteiger partial charge in [-0.25, -0.2) is 4.79 Å². The van der Waals surface area contributed by atoms with Crippen LogP contribution in [0.25, 0.3) is 5.57 Å². The third-order valence-electron chi connectivity index (χ3n) is 4.54. The molecule has 1 aromatic rings. The van der Waals surface area contributed by atoms with E-state index in [1.54, 1.807) is 0 Å². The summed E-state index contributed by atoms with van der Waals surface area (Å²) < 4.78 is 11.3. The molecule has 3 rings (SSSR count). The lowest BCUT2D eigenvalue weighted by molar-refractivity contribution is -0.0510. The molecule has 136 valence electrons. The fraction of sp³-hybridized carbons (Fsp3) is 0.550. The molecular weight excluding hydrogens is 316 g/mol. The van der Waals surface area contributed by atoms with Crippen molar-refractivity contribution in [3.63, 3.8) is 0 Å². The van der Waals surface area contributed by atoms with Crippen molar-refractivity contribution >= 4 is 17.4 Å². The van der Waals surface area contributed by atoms with Crippen LogP contribution in [0.15, 0.2) is 30.3 Å². The van der Waals surface area contributed by atoms with E-state index in [9.17, 15) is 4.79 Å². The number of anilines is 1. The number of fused-ring (bicyclic) bond motifs is 2. The van der Waals surface area contributed by atoms with Crippen LogP contribution in [0.4, 0.5) is 10.5 Å². The average Bonchev–Trinajstić information content (AvgIpc) is 2.52. The van der Waals surface area contributed by atoms with Gasteiger partial charge in [-0.3, -0.25) is 4.90 Å². The normalized spacial score (nSPS) is 23.1. The van der Waals surface area contributed by atoms with E-state index in [0.717, 1.165) is 6.42 Å². The van der Waals surface area contributed by atoms with Gasteiger partial charge in [0.25, 0.3) is 0 Å². The molecule has 0 aliphatic carbocycles. The van der Waals surface area contributed by atoms with Gasteiger partial charge in [-0.05, 0) is 50.5 Å². The lowest BCUT2D eigenvalue weighted by Crippen LogP contribution is -2.57. The molecule has 1 amide bonds. The number of carbonyl (C=O) groups excluding carboxylic acids is 1. The molecule has 25 heavy (non-hydrogen) atoms. The highest BCUT2D eigenvalue weighted by molar-refractivity contribution is 5.76. The molecule has 2 heterocycles. The summed E-state index contributed by atoms with van der Waals surface area (Å²) in [5, 5.41) is 0. The van der Waals surface area contributed by atoms with Gasteiger partial charge in [0.1, 0.15) is 5.60 Å². The zero-order valence-electron chi connectivity index (χ0n) is 15.8. The Morgan fingerprint density at radius 2 is 2.04 bits per heavy atom. The van der Waals surface area contributed by atoms with Crippen molar-refractivity contribution in [1.82, 2.24) is 4.90 Å². The molecule has 0 aromatic heterocycles. The van der Waals surface area contributed by atoms with Crippen LogP contribution in [-0.4, -0.2) is 56.0 Å². The summed E-state index contributed by atoms with van der Waals surface area (Å²) in [6, 6.07) is 8.48. The van der Waals surface area contributed by atoms with Crippen LogP contribution in [0.5, 0.6) is 0 Å². The van der Waals surface area contributed by atoms with Gasteiger partial charge in [0.15, 0.2) is 0 Å². The Bertz CT molecular complexity index is 676. The lowest BCUT2D eigenvalue weighted by atomic mass is 9.90. The second-order valence-electron chi connectivity index (χ2n) is 7.99. The van der Waals surface area contributed by atoms with Crippen molar-refractivity contribution in [3.05, 3.63) is 35.9 Å². The predicted octanol–water partition coefficient (Wildman–Crippen LogP) is 3.54. The minimum absolute atomic E-state index is 0.0246. The predicted molar refractivity (Wildman–Crippen MR) is 99.8 cm³/mol. The topological polar surface area (TPSA) is 42.0 Å². The molecule has 2 atom stereocenters. The molecule has 1 aromatic carbocycles. The third-order valence-corrected chi connectivity index (χ3v) is 4.54. The van der Waals surface area contributed by atoms with Crippen molar-refractivity contribution in [2.75, 3.05) is 32.2 Å². The van der Waals surface area contributed by atoms with Gasteiger partial charge in [0, 0.05) is 19.8 Å². The largest absolute Gasteiger partial charge is 0.444 e. The monoisotopic (exact) mass is 344 g/mol. The second kappa shape index (κ2) is 6.71. The fourth-order valence-electron chi connectivity index (χ4n) is 3.39. The van der Waals surface area contributed by atoms with Gasteiger partial charge < -0.3 is 14.4 Å². The van der Waals surface area contributed by atoms with E-state index < -0.39 is 5.60 Å². The number of ether oxygens (including phenoxy) is 2. The zero-order chi connectivity index (χ0) is 18.2. The highest BCUT2D eigenvalue weighted by Crippen LogP contribution is 2.34. The van der Waals surface area contributed by atoms with Gasteiger partial charge in [-0.2, -0.15) is 0 Å². The van der Waals surface area contributed by atoms with Crippen molar-refractivity contribution < 1.29 is 14.3 Å². The van der Waals surface area contributed by atoms with Crippen LogP contribution < -0.4 is 4.90 Å². The molecule has 2 aliphatic rings. The molecule has 5 heteroatoms. The minimum atomic E-state index is -0.490. The van der Waals surface area contributed by atoms with E-state index in [1.807, 2.05) is 39.8 Å². The van der Waals surface area contributed by atoms with E-state index in [0.29, 0.717) is 13.2 Å². The first-order valence-electron chi connectivity index (χ1n) is 8.82. The fourth-order valence-corrected chi connectivity index (χ4v) is 3.39. The maximum Gasteiger partial charge on any atom is 0.411 e. The van der Waals surface area contributed by atoms with E-state index >= 15 is 0 Å². The number of benzene rings is 1. The van der Waals surface area contributed by atoms with Crippen molar-refractivity contribution in [2.45, 2.75) is 44.9 Å². The highest BCUT2D eigenvalue weighted by atomic mass is 16.6. The Kier molecular flexibility index (Phi) is 4.78. The van der Waals surface area contributed by atoms with Gasteiger partial charge in [-0.15, -0.1) is 0 Å². The van der Waals surface area contributed by atoms with Crippen molar-refractivity contribution in [3.8, 4) is 0 Å². The summed E-state index contributed by atoms with van der Waals surface area (Å²) in [7, 11) is 4.09. The van der Waals surface area contributed by atoms with Crippen LogP contribution in [0.2, 0.25) is 0 Å². The molecule has 2 bridgehead atoms. The SMILES string of the molecule is CN(C)c1cccc(C2=CC3COCC(C2)N3C(=O)OC(C)(C)C)c1. The summed E-state index contributed by atoms with van der Waals surface area (Å²) in [6.45, 7) is 6.77. The van der Waals surface area contributed by atoms with Gasteiger partial charge in [0.2, 0.25) is 0 Å². The molecule has 0 N–H and O–H groups in total. The summed E-state index contributed by atoms with van der Waals surface area (Å²) in [5.41, 5.74) is 3.18. The molecule has 5 nitrogen and oxygen atoms in total. The number of carbonyl (C=O) groups is 1. The number of morpholine rings is 1. The lowest BCUT2D eigenvalue weighted by Gasteiger charge is -2.44. The van der Waals surface area contributed by atoms with Crippen LogP contribution in [-0.2, 0) is 9.47 Å². The zero-order valence-corrected chi connectivity index (χ0v) is 15.8. The Balaban J connectivity index is 1.86. The van der Waals surface area contributed by atoms with Crippen LogP contribution >= 0.6 is 0 Å². The van der Waals surface area contributed by atoms with E-state index in [-0.39, 0.29) is 18.2 Å². The first-order valence-corrected chi connectivity index (χ1v) is 8.82. The maximum atomic E-state index is 12.6. The Morgan fingerprint density at radius 1 is 1.28 bits per heavy atom. The molecule has 2 aliphatic heterocycles. The molecule has 2 unspecified atom stereocenters. The summed E-state index contributed by atoms with van der Waals surface area (Å²) >= 11 is 0. The van der Waals surface area contributed by atoms with Gasteiger partial charge in [-0.1, -0.05) is 18.2 Å². The number of amides is 1. The first kappa shape index (κ1) is 17.8. The molecule has 0 radical (unpaired) electrons. The smallest absolute Gasteiger partial charge is 0.411 e. The molecular formula is C20H28N2O3. The first-order chi connectivity index (χ1) is 11.7. The molecule has 1 saturated heterocycles. The van der Waals surface area contributed by atoms with E-state index in [4.69, 9.17) is 9.47 Å². The van der Waals surface area contributed by atoms with Crippen molar-refractivity contribution in [2.24, 2.45) is 0 Å². The molecule has 0 saturated carbocycles. The number of hydrogen-bond donors (Lipinski definition) is 0. The van der Waals surface area contributed by atoms with Gasteiger partial charge in [0.05, 0.1) is 25.3 Å². The molecule has 1 fully saturated rings. The summed E-state index contributed by atoms with van der Waals surface area (Å²) in [6.07, 6.45) is 2.70. The van der Waals surface area contributed by atoms with Crippen molar-refractivity contribution in [1.29, 1.82) is 0 Å². The third kappa shape index (κ3) is 3.98. The quantitative estimate of drug-likeness (QED) is 0.823. The Morgan fingerprint density at radius 3 is 2.68 bits per heavy atom. The van der Waals surface area contributed by atoms with Crippen LogP contribution in [0.1, 0.15) is 32.8 Å². The Labute approximate surface area is 150 Å².